The van der Waals surface area contributed by atoms with E-state index in [1.165, 1.54) is 31.5 Å². The number of nitrogens with zero attached hydrogens (tertiary/aromatic N) is 1. The smallest absolute Gasteiger partial charge is 0.118 e. The van der Waals surface area contributed by atoms with Gasteiger partial charge in [0.1, 0.15) is 5.75 Å². The van der Waals surface area contributed by atoms with Crippen LogP contribution in [0.15, 0.2) is 24.3 Å². The Hall–Kier alpha value is -1.06. The Balaban J connectivity index is 1.82. The minimum atomic E-state index is 0.665. The molecule has 19 heavy (non-hydrogen) atoms. The topological polar surface area (TPSA) is 24.5 Å². The lowest BCUT2D eigenvalue weighted by Gasteiger charge is -2.23. The van der Waals surface area contributed by atoms with Crippen molar-refractivity contribution < 1.29 is 4.74 Å². The van der Waals surface area contributed by atoms with Crippen LogP contribution < -0.4 is 10.1 Å². The minimum Gasteiger partial charge on any atom is -0.497 e. The second kappa shape index (κ2) is 7.51. The van der Waals surface area contributed by atoms with Crippen LogP contribution in [0.3, 0.4) is 0 Å². The molecule has 1 saturated heterocycles. The molecule has 0 saturated carbocycles. The highest BCUT2D eigenvalue weighted by Crippen LogP contribution is 2.12. The number of rotatable bonds is 5. The third kappa shape index (κ3) is 4.51. The normalized spacial score (nSPS) is 21.1. The summed E-state index contributed by atoms with van der Waals surface area (Å²) in [5.74, 6) is 0.939. The van der Waals surface area contributed by atoms with E-state index in [-0.39, 0.29) is 0 Å². The zero-order chi connectivity index (χ0) is 13.5. The average Bonchev–Trinajstić information content (AvgIpc) is 2.70. The van der Waals surface area contributed by atoms with Crippen LogP contribution in [-0.4, -0.2) is 44.2 Å². The zero-order valence-electron chi connectivity index (χ0n) is 12.2. The van der Waals surface area contributed by atoms with Gasteiger partial charge in [0.15, 0.2) is 0 Å². The summed E-state index contributed by atoms with van der Waals surface area (Å²) in [4.78, 5) is 2.60. The van der Waals surface area contributed by atoms with E-state index in [4.69, 9.17) is 4.74 Å². The van der Waals surface area contributed by atoms with Gasteiger partial charge >= 0.3 is 0 Å². The van der Waals surface area contributed by atoms with Gasteiger partial charge in [0.05, 0.1) is 7.11 Å². The van der Waals surface area contributed by atoms with E-state index in [9.17, 15) is 0 Å². The van der Waals surface area contributed by atoms with Gasteiger partial charge in [-0.3, -0.25) is 0 Å². The van der Waals surface area contributed by atoms with Crippen molar-refractivity contribution in [3.05, 3.63) is 29.8 Å². The lowest BCUT2D eigenvalue weighted by Crippen LogP contribution is -2.37. The second-order valence-electron chi connectivity index (χ2n) is 5.31. The number of methoxy groups -OCH3 is 1. The molecule has 1 aromatic carbocycles. The fourth-order valence-corrected chi connectivity index (χ4v) is 2.63. The third-order valence-electron chi connectivity index (χ3n) is 3.93. The van der Waals surface area contributed by atoms with E-state index in [0.29, 0.717) is 6.04 Å². The van der Waals surface area contributed by atoms with Crippen molar-refractivity contribution in [2.24, 2.45) is 0 Å². The minimum absolute atomic E-state index is 0.665. The predicted molar refractivity (Wildman–Crippen MR) is 79.8 cm³/mol. The first kappa shape index (κ1) is 14.4. The number of ether oxygens (including phenoxy) is 1. The molecule has 1 N–H and O–H groups in total. The van der Waals surface area contributed by atoms with Gasteiger partial charge in [-0.1, -0.05) is 19.1 Å². The number of hydrogen-bond donors (Lipinski definition) is 1. The summed E-state index contributed by atoms with van der Waals surface area (Å²) in [5.41, 5.74) is 1.39. The first-order valence-corrected chi connectivity index (χ1v) is 7.40. The summed E-state index contributed by atoms with van der Waals surface area (Å²) in [6.07, 6.45) is 3.61. The van der Waals surface area contributed by atoms with Crippen molar-refractivity contribution >= 4 is 0 Å². The molecule has 0 amide bonds. The number of nitrogens with one attached hydrogen (secondary N) is 1. The molecule has 1 fully saturated rings. The monoisotopic (exact) mass is 262 g/mol. The molecule has 1 aromatic rings. The molecule has 2 rings (SSSR count). The first-order chi connectivity index (χ1) is 9.31. The van der Waals surface area contributed by atoms with Gasteiger partial charge in [-0.2, -0.15) is 0 Å². The Morgan fingerprint density at radius 3 is 2.79 bits per heavy atom. The van der Waals surface area contributed by atoms with Crippen molar-refractivity contribution in [1.82, 2.24) is 10.2 Å². The molecule has 1 aliphatic rings. The molecule has 0 spiro atoms. The summed E-state index contributed by atoms with van der Waals surface area (Å²) in [6, 6.07) is 9.11. The van der Waals surface area contributed by atoms with Crippen LogP contribution in [0.1, 0.15) is 25.3 Å². The summed E-state index contributed by atoms with van der Waals surface area (Å²) in [6.45, 7) is 7.00. The predicted octanol–water partition coefficient (Wildman–Crippen LogP) is 2.31. The van der Waals surface area contributed by atoms with E-state index in [1.54, 1.807) is 7.11 Å². The van der Waals surface area contributed by atoms with Crippen molar-refractivity contribution in [3.8, 4) is 5.75 Å². The molecular formula is C16H26N2O. The van der Waals surface area contributed by atoms with Gasteiger partial charge < -0.3 is 15.0 Å². The number of hydrogen-bond acceptors (Lipinski definition) is 3. The molecule has 3 nitrogen and oxygen atoms in total. The van der Waals surface area contributed by atoms with E-state index >= 15 is 0 Å². The molecule has 0 bridgehead atoms. The molecule has 1 aliphatic heterocycles. The Labute approximate surface area is 116 Å². The van der Waals surface area contributed by atoms with Crippen LogP contribution in [-0.2, 0) is 6.42 Å². The molecule has 106 valence electrons. The Morgan fingerprint density at radius 2 is 2.11 bits per heavy atom. The van der Waals surface area contributed by atoms with Crippen LogP contribution in [0.4, 0.5) is 0 Å². The highest BCUT2D eigenvalue weighted by atomic mass is 16.5. The fraction of sp³-hybridized carbons (Fsp3) is 0.625. The molecule has 1 heterocycles. The molecule has 1 unspecified atom stereocenters. The summed E-state index contributed by atoms with van der Waals surface area (Å²) in [5, 5.41) is 3.62. The second-order valence-corrected chi connectivity index (χ2v) is 5.31. The molecule has 0 radical (unpaired) electrons. The zero-order valence-corrected chi connectivity index (χ0v) is 12.2. The van der Waals surface area contributed by atoms with Gasteiger partial charge in [0.25, 0.3) is 0 Å². The molecule has 1 atom stereocenters. The number of benzene rings is 1. The largest absolute Gasteiger partial charge is 0.497 e. The Bertz CT molecular complexity index is 364. The fourth-order valence-electron chi connectivity index (χ4n) is 2.63. The highest BCUT2D eigenvalue weighted by molar-refractivity contribution is 5.27. The third-order valence-corrected chi connectivity index (χ3v) is 3.93. The molecular weight excluding hydrogens is 236 g/mol. The van der Waals surface area contributed by atoms with Gasteiger partial charge in [0.2, 0.25) is 0 Å². The quantitative estimate of drug-likeness (QED) is 0.881. The van der Waals surface area contributed by atoms with Gasteiger partial charge in [0, 0.05) is 19.1 Å². The lowest BCUT2D eigenvalue weighted by molar-refractivity contribution is 0.268. The van der Waals surface area contributed by atoms with Gasteiger partial charge in [-0.25, -0.2) is 0 Å². The van der Waals surface area contributed by atoms with E-state index in [0.717, 1.165) is 25.3 Å². The van der Waals surface area contributed by atoms with Crippen LogP contribution >= 0.6 is 0 Å². The first-order valence-electron chi connectivity index (χ1n) is 7.40. The van der Waals surface area contributed by atoms with Crippen LogP contribution in [0.2, 0.25) is 0 Å². The lowest BCUT2D eigenvalue weighted by atomic mass is 10.1. The van der Waals surface area contributed by atoms with Crippen LogP contribution in [0.25, 0.3) is 0 Å². The SMILES string of the molecule is CCC1CN(CCc2ccc(OC)cc2)CCCN1. The summed E-state index contributed by atoms with van der Waals surface area (Å²) in [7, 11) is 1.71. The Kier molecular flexibility index (Phi) is 5.67. The van der Waals surface area contributed by atoms with Crippen molar-refractivity contribution in [3.63, 3.8) is 0 Å². The van der Waals surface area contributed by atoms with Crippen LogP contribution in [0, 0.1) is 0 Å². The summed E-state index contributed by atoms with van der Waals surface area (Å²) >= 11 is 0. The van der Waals surface area contributed by atoms with Crippen molar-refractivity contribution in [2.45, 2.75) is 32.2 Å². The van der Waals surface area contributed by atoms with E-state index < -0.39 is 0 Å². The molecule has 3 heteroatoms. The van der Waals surface area contributed by atoms with Crippen molar-refractivity contribution in [2.75, 3.05) is 33.3 Å². The maximum Gasteiger partial charge on any atom is 0.118 e. The summed E-state index contributed by atoms with van der Waals surface area (Å²) < 4.78 is 5.19. The van der Waals surface area contributed by atoms with E-state index in [1.807, 2.05) is 12.1 Å². The van der Waals surface area contributed by atoms with Gasteiger partial charge in [-0.05, 0) is 50.0 Å². The van der Waals surface area contributed by atoms with Crippen molar-refractivity contribution in [1.29, 1.82) is 0 Å². The highest BCUT2D eigenvalue weighted by Gasteiger charge is 2.15. The van der Waals surface area contributed by atoms with Gasteiger partial charge in [-0.15, -0.1) is 0 Å². The standard InChI is InChI=1S/C16H26N2O/c1-3-15-13-18(11-4-10-17-15)12-9-14-5-7-16(19-2)8-6-14/h5-8,15,17H,3-4,9-13H2,1-2H3. The average molecular weight is 262 g/mol. The Morgan fingerprint density at radius 1 is 1.32 bits per heavy atom. The molecule has 0 aromatic heterocycles. The maximum absolute atomic E-state index is 5.19. The van der Waals surface area contributed by atoms with Crippen LogP contribution in [0.5, 0.6) is 5.75 Å². The maximum atomic E-state index is 5.19. The molecule has 0 aliphatic carbocycles. The van der Waals surface area contributed by atoms with E-state index in [2.05, 4.69) is 29.3 Å².